The second kappa shape index (κ2) is 8.08. The lowest BCUT2D eigenvalue weighted by atomic mass is 9.97. The van der Waals surface area contributed by atoms with Crippen LogP contribution in [0.1, 0.15) is 44.0 Å². The average Bonchev–Trinajstić information content (AvgIpc) is 3.07. The fourth-order valence-electron chi connectivity index (χ4n) is 3.28. The van der Waals surface area contributed by atoms with Gasteiger partial charge in [-0.1, -0.05) is 6.07 Å². The molecule has 1 aliphatic rings. The SMILES string of the molecule is COC(=O)c1cccc2[nH]c(NCC3CCN(C(=O)OC(C)(C)C)CC3)nc12. The highest BCUT2D eigenvalue weighted by Gasteiger charge is 2.27. The zero-order chi connectivity index (χ0) is 20.3. The predicted molar refractivity (Wildman–Crippen MR) is 106 cm³/mol. The summed E-state index contributed by atoms with van der Waals surface area (Å²) in [5.74, 6) is 0.658. The Hall–Kier alpha value is -2.77. The first-order valence-electron chi connectivity index (χ1n) is 9.55. The van der Waals surface area contributed by atoms with Gasteiger partial charge in [-0.2, -0.15) is 0 Å². The number of ether oxygens (including phenoxy) is 2. The van der Waals surface area contributed by atoms with E-state index in [9.17, 15) is 9.59 Å². The number of benzene rings is 1. The number of likely N-dealkylation sites (tertiary alicyclic amines) is 1. The number of para-hydroxylation sites is 1. The van der Waals surface area contributed by atoms with Crippen molar-refractivity contribution in [2.24, 2.45) is 5.92 Å². The molecular weight excluding hydrogens is 360 g/mol. The molecule has 1 fully saturated rings. The standard InChI is InChI=1S/C20H28N4O4/c1-20(2,3)28-19(26)24-10-8-13(9-11-24)12-21-18-22-15-7-5-6-14(16(15)23-18)17(25)27-4/h5-7,13H,8-12H2,1-4H3,(H2,21,22,23). The summed E-state index contributed by atoms with van der Waals surface area (Å²) in [6.45, 7) is 7.75. The maximum absolute atomic E-state index is 12.1. The van der Waals surface area contributed by atoms with E-state index in [1.165, 1.54) is 7.11 Å². The van der Waals surface area contributed by atoms with Gasteiger partial charge in [0.25, 0.3) is 0 Å². The molecule has 3 rings (SSSR count). The van der Waals surface area contributed by atoms with E-state index < -0.39 is 11.6 Å². The summed E-state index contributed by atoms with van der Waals surface area (Å²) in [7, 11) is 1.36. The topological polar surface area (TPSA) is 96.6 Å². The Kier molecular flexibility index (Phi) is 5.76. The number of aromatic amines is 1. The van der Waals surface area contributed by atoms with Crippen LogP contribution in [0.5, 0.6) is 0 Å². The van der Waals surface area contributed by atoms with Gasteiger partial charge in [-0.3, -0.25) is 0 Å². The number of rotatable bonds is 4. The lowest BCUT2D eigenvalue weighted by Crippen LogP contribution is -2.42. The van der Waals surface area contributed by atoms with Crippen molar-refractivity contribution in [3.8, 4) is 0 Å². The number of imidazole rings is 1. The number of carbonyl (C=O) groups is 2. The van der Waals surface area contributed by atoms with E-state index in [2.05, 4.69) is 15.3 Å². The molecule has 0 unspecified atom stereocenters. The maximum Gasteiger partial charge on any atom is 0.410 e. The van der Waals surface area contributed by atoms with Gasteiger partial charge in [0.15, 0.2) is 0 Å². The molecule has 0 spiro atoms. The molecule has 0 saturated carbocycles. The molecule has 1 aromatic carbocycles. The number of H-pyrrole nitrogens is 1. The molecule has 2 aromatic rings. The fraction of sp³-hybridized carbons (Fsp3) is 0.550. The zero-order valence-electron chi connectivity index (χ0n) is 16.9. The molecule has 0 aliphatic carbocycles. The van der Waals surface area contributed by atoms with Crippen molar-refractivity contribution in [3.63, 3.8) is 0 Å². The maximum atomic E-state index is 12.1. The van der Waals surface area contributed by atoms with Crippen molar-refractivity contribution in [1.82, 2.24) is 14.9 Å². The monoisotopic (exact) mass is 388 g/mol. The number of esters is 1. The summed E-state index contributed by atoms with van der Waals surface area (Å²) in [5.41, 5.74) is 1.34. The summed E-state index contributed by atoms with van der Waals surface area (Å²) in [5, 5.41) is 3.32. The summed E-state index contributed by atoms with van der Waals surface area (Å²) < 4.78 is 10.2. The van der Waals surface area contributed by atoms with Gasteiger partial charge in [0.2, 0.25) is 5.95 Å². The quantitative estimate of drug-likeness (QED) is 0.779. The van der Waals surface area contributed by atoms with Crippen LogP contribution >= 0.6 is 0 Å². The molecule has 8 nitrogen and oxygen atoms in total. The fourth-order valence-corrected chi connectivity index (χ4v) is 3.28. The number of nitrogens with zero attached hydrogens (tertiary/aromatic N) is 2. The summed E-state index contributed by atoms with van der Waals surface area (Å²) >= 11 is 0. The summed E-state index contributed by atoms with van der Waals surface area (Å²) in [6, 6.07) is 5.37. The van der Waals surface area contributed by atoms with Crippen molar-refractivity contribution < 1.29 is 19.1 Å². The Morgan fingerprint density at radius 3 is 2.64 bits per heavy atom. The third-order valence-corrected chi connectivity index (χ3v) is 4.74. The van der Waals surface area contributed by atoms with E-state index in [0.29, 0.717) is 36.0 Å². The lowest BCUT2D eigenvalue weighted by Gasteiger charge is -2.33. The van der Waals surface area contributed by atoms with E-state index in [0.717, 1.165) is 24.9 Å². The van der Waals surface area contributed by atoms with E-state index in [1.54, 1.807) is 17.0 Å². The molecule has 28 heavy (non-hydrogen) atoms. The number of hydrogen-bond donors (Lipinski definition) is 2. The van der Waals surface area contributed by atoms with Crippen molar-refractivity contribution >= 4 is 29.0 Å². The van der Waals surface area contributed by atoms with Crippen LogP contribution in [0.2, 0.25) is 0 Å². The summed E-state index contributed by atoms with van der Waals surface area (Å²) in [6.07, 6.45) is 1.56. The van der Waals surface area contributed by atoms with Gasteiger partial charge in [0.1, 0.15) is 11.1 Å². The smallest absolute Gasteiger partial charge is 0.410 e. The number of methoxy groups -OCH3 is 1. The normalized spacial score (nSPS) is 15.5. The number of fused-ring (bicyclic) bond motifs is 1. The largest absolute Gasteiger partial charge is 0.465 e. The van der Waals surface area contributed by atoms with Crippen LogP contribution < -0.4 is 5.32 Å². The Morgan fingerprint density at radius 2 is 2.00 bits per heavy atom. The molecule has 0 atom stereocenters. The first-order chi connectivity index (χ1) is 13.3. The molecule has 8 heteroatoms. The molecule has 1 amide bonds. The zero-order valence-corrected chi connectivity index (χ0v) is 16.9. The molecule has 1 saturated heterocycles. The van der Waals surface area contributed by atoms with Crippen molar-refractivity contribution in [2.45, 2.75) is 39.2 Å². The number of anilines is 1. The Labute approximate surface area is 164 Å². The molecule has 1 aliphatic heterocycles. The molecular formula is C20H28N4O4. The highest BCUT2D eigenvalue weighted by atomic mass is 16.6. The first kappa shape index (κ1) is 20.0. The van der Waals surface area contributed by atoms with Gasteiger partial charge in [-0.15, -0.1) is 0 Å². The van der Waals surface area contributed by atoms with Gasteiger partial charge >= 0.3 is 12.1 Å². The van der Waals surface area contributed by atoms with Crippen LogP contribution in [0.25, 0.3) is 11.0 Å². The molecule has 2 heterocycles. The van der Waals surface area contributed by atoms with Crippen LogP contribution in [0.3, 0.4) is 0 Å². The number of hydrogen-bond acceptors (Lipinski definition) is 6. The van der Waals surface area contributed by atoms with Crippen LogP contribution in [0, 0.1) is 5.92 Å². The van der Waals surface area contributed by atoms with Gasteiger partial charge in [0, 0.05) is 19.6 Å². The molecule has 0 radical (unpaired) electrons. The van der Waals surface area contributed by atoms with E-state index in [4.69, 9.17) is 9.47 Å². The van der Waals surface area contributed by atoms with Gasteiger partial charge in [-0.25, -0.2) is 14.6 Å². The van der Waals surface area contributed by atoms with Gasteiger partial charge in [0.05, 0.1) is 18.2 Å². The minimum atomic E-state index is -0.472. The molecule has 1 aromatic heterocycles. The van der Waals surface area contributed by atoms with Crippen LogP contribution in [0.4, 0.5) is 10.7 Å². The Morgan fingerprint density at radius 1 is 1.29 bits per heavy atom. The highest BCUT2D eigenvalue weighted by molar-refractivity contribution is 6.02. The van der Waals surface area contributed by atoms with Crippen LogP contribution in [-0.4, -0.2) is 59.3 Å². The van der Waals surface area contributed by atoms with Crippen molar-refractivity contribution in [1.29, 1.82) is 0 Å². The van der Waals surface area contributed by atoms with Gasteiger partial charge < -0.3 is 24.7 Å². The average molecular weight is 388 g/mol. The minimum Gasteiger partial charge on any atom is -0.465 e. The third-order valence-electron chi connectivity index (χ3n) is 4.74. The number of amides is 1. The predicted octanol–water partition coefficient (Wildman–Crippen LogP) is 3.41. The third kappa shape index (κ3) is 4.74. The molecule has 2 N–H and O–H groups in total. The van der Waals surface area contributed by atoms with E-state index in [1.807, 2.05) is 26.8 Å². The van der Waals surface area contributed by atoms with Crippen molar-refractivity contribution in [2.75, 3.05) is 32.1 Å². The number of aromatic nitrogens is 2. The lowest BCUT2D eigenvalue weighted by molar-refractivity contribution is 0.0188. The van der Waals surface area contributed by atoms with Crippen LogP contribution in [-0.2, 0) is 9.47 Å². The second-order valence-electron chi connectivity index (χ2n) is 8.07. The number of piperidine rings is 1. The number of carbonyl (C=O) groups excluding carboxylic acids is 2. The van der Waals surface area contributed by atoms with E-state index in [-0.39, 0.29) is 6.09 Å². The first-order valence-corrected chi connectivity index (χ1v) is 9.55. The second-order valence-corrected chi connectivity index (χ2v) is 8.07. The van der Waals surface area contributed by atoms with Crippen LogP contribution in [0.15, 0.2) is 18.2 Å². The minimum absolute atomic E-state index is 0.244. The molecule has 0 bridgehead atoms. The van der Waals surface area contributed by atoms with Crippen molar-refractivity contribution in [3.05, 3.63) is 23.8 Å². The van der Waals surface area contributed by atoms with E-state index >= 15 is 0 Å². The van der Waals surface area contributed by atoms with Gasteiger partial charge in [-0.05, 0) is 51.7 Å². The summed E-state index contributed by atoms with van der Waals surface area (Å²) in [4.78, 5) is 33.5. The number of nitrogens with one attached hydrogen (secondary N) is 2. The highest BCUT2D eigenvalue weighted by Crippen LogP contribution is 2.22. The Bertz CT molecular complexity index is 847. The Balaban J connectivity index is 1.54. The molecule has 152 valence electrons.